The van der Waals surface area contributed by atoms with Gasteiger partial charge in [0.05, 0.1) is 18.6 Å². The summed E-state index contributed by atoms with van der Waals surface area (Å²) in [6.45, 7) is 3.89. The van der Waals surface area contributed by atoms with Crippen LogP contribution in [0.15, 0.2) is 43.0 Å². The molecule has 2 saturated carbocycles. The molecule has 3 aromatic heterocycles. The maximum atomic E-state index is 5.57. The van der Waals surface area contributed by atoms with Gasteiger partial charge in [-0.3, -0.25) is 9.88 Å². The number of morpholine rings is 1. The van der Waals surface area contributed by atoms with E-state index in [9.17, 15) is 0 Å². The predicted molar refractivity (Wildman–Crippen MR) is 165 cm³/mol. The van der Waals surface area contributed by atoms with Gasteiger partial charge < -0.3 is 19.9 Å². The molecule has 3 fully saturated rings. The molecule has 3 aliphatic rings. The maximum absolute atomic E-state index is 5.57. The first-order chi connectivity index (χ1) is 20.1. The van der Waals surface area contributed by atoms with E-state index in [2.05, 4.69) is 69.6 Å². The highest BCUT2D eigenvalue weighted by Crippen LogP contribution is 2.38. The number of pyridine rings is 1. The lowest BCUT2D eigenvalue weighted by molar-refractivity contribution is 0.00791. The van der Waals surface area contributed by atoms with E-state index < -0.39 is 0 Å². The molecule has 4 heterocycles. The lowest BCUT2D eigenvalue weighted by Crippen LogP contribution is -2.46. The van der Waals surface area contributed by atoms with Crippen LogP contribution in [-0.4, -0.2) is 88.3 Å². The minimum absolute atomic E-state index is 0.430. The Kier molecular flexibility index (Phi) is 7.63. The van der Waals surface area contributed by atoms with Gasteiger partial charge in [0, 0.05) is 66.0 Å². The summed E-state index contributed by atoms with van der Waals surface area (Å²) in [5, 5.41) is 6.07. The third-order valence-corrected chi connectivity index (χ3v) is 9.90. The summed E-state index contributed by atoms with van der Waals surface area (Å²) < 4.78 is 5.57. The number of nitrogens with zero attached hydrogens (tertiary/aromatic N) is 5. The van der Waals surface area contributed by atoms with Gasteiger partial charge in [0.25, 0.3) is 0 Å². The lowest BCUT2D eigenvalue weighted by atomic mass is 9.79. The summed E-state index contributed by atoms with van der Waals surface area (Å²) in [5.74, 6) is 1.47. The Labute approximate surface area is 242 Å². The van der Waals surface area contributed by atoms with E-state index in [4.69, 9.17) is 14.7 Å². The fourth-order valence-electron chi connectivity index (χ4n) is 7.67. The monoisotopic (exact) mass is 553 g/mol. The molecular weight excluding hydrogens is 510 g/mol. The highest BCUT2D eigenvalue weighted by Gasteiger charge is 2.29. The number of likely N-dealkylation sites (N-methyl/N-ethyl adjacent to an activating group) is 1. The SMILES string of the molecule is CN(C)C1CCCCC1c1cncc(-c2ccc3[nH]c4ncnc(N[C@H]5CC[C@H](N6CCOCC6)CC5)c4c3c2)c1. The van der Waals surface area contributed by atoms with E-state index >= 15 is 0 Å². The average molecular weight is 554 g/mol. The Morgan fingerprint density at radius 2 is 1.76 bits per heavy atom. The van der Waals surface area contributed by atoms with E-state index in [-0.39, 0.29) is 0 Å². The van der Waals surface area contributed by atoms with Gasteiger partial charge in [-0.1, -0.05) is 18.9 Å². The van der Waals surface area contributed by atoms with Gasteiger partial charge in [-0.15, -0.1) is 0 Å². The van der Waals surface area contributed by atoms with Gasteiger partial charge in [0.1, 0.15) is 17.8 Å². The number of hydrogen-bond donors (Lipinski definition) is 2. The van der Waals surface area contributed by atoms with E-state index in [1.54, 1.807) is 6.33 Å². The Hall–Kier alpha value is -3.07. The predicted octanol–water partition coefficient (Wildman–Crippen LogP) is 5.82. The minimum atomic E-state index is 0.430. The zero-order valence-electron chi connectivity index (χ0n) is 24.5. The first kappa shape index (κ1) is 26.8. The van der Waals surface area contributed by atoms with Crippen LogP contribution >= 0.6 is 0 Å². The van der Waals surface area contributed by atoms with Gasteiger partial charge >= 0.3 is 0 Å². The number of ether oxygens (including phenoxy) is 1. The van der Waals surface area contributed by atoms with E-state index in [0.717, 1.165) is 66.9 Å². The third kappa shape index (κ3) is 5.45. The van der Waals surface area contributed by atoms with E-state index in [1.807, 2.05) is 6.20 Å². The summed E-state index contributed by atoms with van der Waals surface area (Å²) in [6, 6.07) is 10.7. The Balaban J connectivity index is 1.15. The topological polar surface area (TPSA) is 82.2 Å². The fourth-order valence-corrected chi connectivity index (χ4v) is 7.67. The van der Waals surface area contributed by atoms with Crippen molar-refractivity contribution in [3.63, 3.8) is 0 Å². The highest BCUT2D eigenvalue weighted by atomic mass is 16.5. The van der Waals surface area contributed by atoms with Crippen LogP contribution in [0, 0.1) is 0 Å². The molecule has 8 nitrogen and oxygen atoms in total. The first-order valence-corrected chi connectivity index (χ1v) is 15.6. The summed E-state index contributed by atoms with van der Waals surface area (Å²) >= 11 is 0. The number of nitrogens with one attached hydrogen (secondary N) is 2. The zero-order chi connectivity index (χ0) is 27.8. The van der Waals surface area contributed by atoms with Crippen LogP contribution in [0.2, 0.25) is 0 Å². The summed E-state index contributed by atoms with van der Waals surface area (Å²) in [4.78, 5) is 22.6. The van der Waals surface area contributed by atoms with Crippen molar-refractivity contribution in [3.8, 4) is 11.1 Å². The molecule has 41 heavy (non-hydrogen) atoms. The Morgan fingerprint density at radius 1 is 0.927 bits per heavy atom. The molecule has 4 aromatic rings. The molecule has 7 rings (SSSR count). The average Bonchev–Trinajstić information content (AvgIpc) is 3.41. The van der Waals surface area contributed by atoms with Crippen molar-refractivity contribution >= 4 is 27.8 Å². The molecule has 2 N–H and O–H groups in total. The second-order valence-corrected chi connectivity index (χ2v) is 12.6. The molecule has 0 radical (unpaired) electrons. The second kappa shape index (κ2) is 11.7. The largest absolute Gasteiger partial charge is 0.379 e. The zero-order valence-corrected chi connectivity index (χ0v) is 24.5. The van der Waals surface area contributed by atoms with Crippen molar-refractivity contribution in [1.29, 1.82) is 0 Å². The van der Waals surface area contributed by atoms with E-state index in [1.165, 1.54) is 55.2 Å². The van der Waals surface area contributed by atoms with Crippen molar-refractivity contribution in [2.24, 2.45) is 0 Å². The molecule has 1 aromatic carbocycles. The van der Waals surface area contributed by atoms with Crippen molar-refractivity contribution in [3.05, 3.63) is 48.5 Å². The van der Waals surface area contributed by atoms with Crippen LogP contribution in [0.3, 0.4) is 0 Å². The molecule has 2 unspecified atom stereocenters. The fraction of sp³-hybridized carbons (Fsp3) is 0.545. The maximum Gasteiger partial charge on any atom is 0.143 e. The number of aromatic amines is 1. The summed E-state index contributed by atoms with van der Waals surface area (Å²) in [7, 11) is 4.43. The molecule has 1 aliphatic heterocycles. The van der Waals surface area contributed by atoms with E-state index in [0.29, 0.717) is 24.0 Å². The Morgan fingerprint density at radius 3 is 2.59 bits per heavy atom. The van der Waals surface area contributed by atoms with Crippen molar-refractivity contribution in [2.45, 2.75) is 75.4 Å². The highest BCUT2D eigenvalue weighted by molar-refractivity contribution is 6.12. The molecule has 0 amide bonds. The van der Waals surface area contributed by atoms with Gasteiger partial charge in [-0.05, 0) is 81.9 Å². The molecule has 216 valence electrons. The number of benzene rings is 1. The molecule has 2 atom stereocenters. The molecule has 1 saturated heterocycles. The van der Waals surface area contributed by atoms with Crippen LogP contribution < -0.4 is 5.32 Å². The van der Waals surface area contributed by atoms with Gasteiger partial charge in [0.2, 0.25) is 0 Å². The summed E-state index contributed by atoms with van der Waals surface area (Å²) in [5.41, 5.74) is 5.70. The number of fused-ring (bicyclic) bond motifs is 3. The van der Waals surface area contributed by atoms with Crippen molar-refractivity contribution in [1.82, 2.24) is 29.7 Å². The molecule has 2 aliphatic carbocycles. The number of hydrogen-bond acceptors (Lipinski definition) is 7. The van der Waals surface area contributed by atoms with Gasteiger partial charge in [-0.25, -0.2) is 9.97 Å². The smallest absolute Gasteiger partial charge is 0.143 e. The normalized spacial score (nSPS) is 26.1. The second-order valence-electron chi connectivity index (χ2n) is 12.6. The van der Waals surface area contributed by atoms with Crippen LogP contribution in [0.1, 0.15) is 62.8 Å². The quantitative estimate of drug-likeness (QED) is 0.312. The van der Waals surface area contributed by atoms with Gasteiger partial charge in [0.15, 0.2) is 0 Å². The number of H-pyrrole nitrogens is 1. The number of rotatable bonds is 6. The lowest BCUT2D eigenvalue weighted by Gasteiger charge is -2.39. The molecular formula is C33H43N7O. The van der Waals surface area contributed by atoms with Crippen molar-refractivity contribution < 1.29 is 4.74 Å². The van der Waals surface area contributed by atoms with Crippen molar-refractivity contribution in [2.75, 3.05) is 45.7 Å². The number of anilines is 1. The van der Waals surface area contributed by atoms with Crippen LogP contribution in [-0.2, 0) is 4.74 Å². The third-order valence-electron chi connectivity index (χ3n) is 9.90. The first-order valence-electron chi connectivity index (χ1n) is 15.6. The molecule has 8 heteroatoms. The van der Waals surface area contributed by atoms with Crippen LogP contribution in [0.25, 0.3) is 33.1 Å². The Bertz CT molecular complexity index is 1490. The summed E-state index contributed by atoms with van der Waals surface area (Å²) in [6.07, 6.45) is 15.7. The van der Waals surface area contributed by atoms with Gasteiger partial charge in [-0.2, -0.15) is 0 Å². The minimum Gasteiger partial charge on any atom is -0.379 e. The standard InChI is InChI=1S/C33H43N7O/c1-39(2)30-6-4-3-5-27(30)24-17-23(19-34-20-24)22-7-12-29-28(18-22)31-32(35-21-36-33(31)38-29)37-25-8-10-26(11-9-25)40-13-15-41-16-14-40/h7,12,17-21,25-27,30H,3-6,8-11,13-16H2,1-2H3,(H2,35,36,37,38)/t25-,26-,27?,30?. The van der Waals surface area contributed by atoms with Crippen LogP contribution in [0.4, 0.5) is 5.82 Å². The van der Waals surface area contributed by atoms with Crippen LogP contribution in [0.5, 0.6) is 0 Å². The molecule has 0 bridgehead atoms. The molecule has 0 spiro atoms. The number of aromatic nitrogens is 4.